The molecule has 0 spiro atoms. The minimum atomic E-state index is -0.518. The molecule has 0 aliphatic carbocycles. The third kappa shape index (κ3) is 5.89. The van der Waals surface area contributed by atoms with Crippen molar-refractivity contribution in [2.45, 2.75) is 33.8 Å². The standard InChI is InChI=1S/C15H24FN3O2/c1-9(2)7-19-15(20)8-18-13-6-14(21-10(3)4)11(16)5-12(13)17/h5-6,9-10,18H,7-8,17H2,1-4H3,(H,19,20). The number of nitrogen functional groups attached to an aromatic ring is 1. The number of nitrogens with two attached hydrogens (primary N) is 1. The van der Waals surface area contributed by atoms with Crippen molar-refractivity contribution in [3.8, 4) is 5.75 Å². The predicted octanol–water partition coefficient (Wildman–Crippen LogP) is 2.38. The van der Waals surface area contributed by atoms with E-state index in [4.69, 9.17) is 10.5 Å². The van der Waals surface area contributed by atoms with Crippen LogP contribution in [0.5, 0.6) is 5.75 Å². The summed E-state index contributed by atoms with van der Waals surface area (Å²) in [5, 5.41) is 5.68. The van der Waals surface area contributed by atoms with E-state index in [0.717, 1.165) is 0 Å². The first kappa shape index (κ1) is 17.1. The van der Waals surface area contributed by atoms with Crippen LogP contribution in [0.15, 0.2) is 12.1 Å². The van der Waals surface area contributed by atoms with Gasteiger partial charge in [0.2, 0.25) is 5.91 Å². The zero-order valence-electron chi connectivity index (χ0n) is 13.0. The van der Waals surface area contributed by atoms with E-state index in [-0.39, 0.29) is 30.0 Å². The van der Waals surface area contributed by atoms with E-state index in [1.165, 1.54) is 12.1 Å². The second kappa shape index (κ2) is 7.71. The maximum Gasteiger partial charge on any atom is 0.239 e. The molecule has 1 amide bonds. The van der Waals surface area contributed by atoms with Crippen molar-refractivity contribution in [3.63, 3.8) is 0 Å². The Balaban J connectivity index is 2.68. The molecule has 1 aromatic rings. The number of amides is 1. The van der Waals surface area contributed by atoms with E-state index in [9.17, 15) is 9.18 Å². The fourth-order valence-electron chi connectivity index (χ4n) is 1.62. The van der Waals surface area contributed by atoms with Crippen molar-refractivity contribution in [1.82, 2.24) is 5.32 Å². The number of carbonyl (C=O) groups is 1. The van der Waals surface area contributed by atoms with Crippen molar-refractivity contribution in [1.29, 1.82) is 0 Å². The average molecular weight is 297 g/mol. The normalized spacial score (nSPS) is 10.8. The molecule has 1 rings (SSSR count). The number of rotatable bonds is 7. The molecule has 0 saturated heterocycles. The minimum absolute atomic E-state index is 0.0731. The number of ether oxygens (including phenoxy) is 1. The first-order valence-electron chi connectivity index (χ1n) is 7.05. The Morgan fingerprint density at radius 2 is 2.00 bits per heavy atom. The highest BCUT2D eigenvalue weighted by atomic mass is 19.1. The Labute approximate surface area is 125 Å². The molecule has 0 unspecified atom stereocenters. The Bertz CT molecular complexity index is 490. The number of anilines is 2. The quantitative estimate of drug-likeness (QED) is 0.675. The third-order valence-electron chi connectivity index (χ3n) is 2.61. The van der Waals surface area contributed by atoms with Crippen LogP contribution < -0.4 is 21.1 Å². The van der Waals surface area contributed by atoms with Gasteiger partial charge in [-0.05, 0) is 19.8 Å². The van der Waals surface area contributed by atoms with Gasteiger partial charge in [0, 0.05) is 18.7 Å². The molecule has 0 saturated carbocycles. The fraction of sp³-hybridized carbons (Fsp3) is 0.533. The molecule has 21 heavy (non-hydrogen) atoms. The van der Waals surface area contributed by atoms with Gasteiger partial charge in [-0.25, -0.2) is 4.39 Å². The largest absolute Gasteiger partial charge is 0.488 e. The van der Waals surface area contributed by atoms with Crippen molar-refractivity contribution >= 4 is 17.3 Å². The van der Waals surface area contributed by atoms with Gasteiger partial charge in [-0.2, -0.15) is 0 Å². The van der Waals surface area contributed by atoms with Gasteiger partial charge >= 0.3 is 0 Å². The number of hydrogen-bond donors (Lipinski definition) is 3. The smallest absolute Gasteiger partial charge is 0.239 e. The first-order chi connectivity index (χ1) is 9.79. The Morgan fingerprint density at radius 1 is 1.33 bits per heavy atom. The van der Waals surface area contributed by atoms with Crippen LogP contribution in [0.25, 0.3) is 0 Å². The lowest BCUT2D eigenvalue weighted by molar-refractivity contribution is -0.119. The lowest BCUT2D eigenvalue weighted by atomic mass is 10.2. The second-order valence-corrected chi connectivity index (χ2v) is 5.59. The maximum absolute atomic E-state index is 13.7. The van der Waals surface area contributed by atoms with Crippen LogP contribution in [0.3, 0.4) is 0 Å². The third-order valence-corrected chi connectivity index (χ3v) is 2.61. The zero-order chi connectivity index (χ0) is 16.0. The summed E-state index contributed by atoms with van der Waals surface area (Å²) in [6, 6.07) is 2.66. The SMILES string of the molecule is CC(C)CNC(=O)CNc1cc(OC(C)C)c(F)cc1N. The van der Waals surface area contributed by atoms with E-state index in [0.29, 0.717) is 18.2 Å². The molecule has 0 bridgehead atoms. The molecular weight excluding hydrogens is 273 g/mol. The van der Waals surface area contributed by atoms with E-state index >= 15 is 0 Å². The summed E-state index contributed by atoms with van der Waals surface area (Å²) in [6.07, 6.45) is -0.148. The van der Waals surface area contributed by atoms with Crippen LogP contribution >= 0.6 is 0 Å². The monoisotopic (exact) mass is 297 g/mol. The Hall–Kier alpha value is -1.98. The highest BCUT2D eigenvalue weighted by Gasteiger charge is 2.11. The van der Waals surface area contributed by atoms with Crippen LogP contribution in [0, 0.1) is 11.7 Å². The van der Waals surface area contributed by atoms with Gasteiger partial charge in [0.1, 0.15) is 0 Å². The number of nitrogens with one attached hydrogen (secondary N) is 2. The molecule has 0 atom stereocenters. The van der Waals surface area contributed by atoms with E-state index in [1.807, 2.05) is 27.7 Å². The second-order valence-electron chi connectivity index (χ2n) is 5.59. The summed E-state index contributed by atoms with van der Waals surface area (Å²) in [4.78, 5) is 11.6. The van der Waals surface area contributed by atoms with Gasteiger partial charge in [0.05, 0.1) is 24.0 Å². The summed E-state index contributed by atoms with van der Waals surface area (Å²) >= 11 is 0. The molecule has 0 aliphatic rings. The molecule has 0 fully saturated rings. The molecule has 118 valence electrons. The van der Waals surface area contributed by atoms with Crippen LogP contribution in [0.2, 0.25) is 0 Å². The predicted molar refractivity (Wildman–Crippen MR) is 82.9 cm³/mol. The first-order valence-corrected chi connectivity index (χ1v) is 7.05. The molecule has 4 N–H and O–H groups in total. The van der Waals surface area contributed by atoms with E-state index < -0.39 is 5.82 Å². The molecule has 6 heteroatoms. The Morgan fingerprint density at radius 3 is 2.57 bits per heavy atom. The molecule has 0 heterocycles. The van der Waals surface area contributed by atoms with Crippen LogP contribution in [-0.2, 0) is 4.79 Å². The fourth-order valence-corrected chi connectivity index (χ4v) is 1.62. The van der Waals surface area contributed by atoms with Gasteiger partial charge in [0.15, 0.2) is 11.6 Å². The summed E-state index contributed by atoms with van der Waals surface area (Å²) in [5.41, 5.74) is 6.45. The van der Waals surface area contributed by atoms with Gasteiger partial charge in [-0.15, -0.1) is 0 Å². The van der Waals surface area contributed by atoms with Crippen molar-refractivity contribution in [2.24, 2.45) is 5.92 Å². The minimum Gasteiger partial charge on any atom is -0.488 e. The van der Waals surface area contributed by atoms with Crippen LogP contribution in [0.1, 0.15) is 27.7 Å². The van der Waals surface area contributed by atoms with Crippen molar-refractivity contribution < 1.29 is 13.9 Å². The van der Waals surface area contributed by atoms with Crippen LogP contribution in [0.4, 0.5) is 15.8 Å². The van der Waals surface area contributed by atoms with Crippen LogP contribution in [-0.4, -0.2) is 25.1 Å². The molecule has 0 aliphatic heterocycles. The molecule has 0 radical (unpaired) electrons. The Kier molecular flexibility index (Phi) is 6.27. The summed E-state index contributed by atoms with van der Waals surface area (Å²) < 4.78 is 19.0. The summed E-state index contributed by atoms with van der Waals surface area (Å²) in [7, 11) is 0. The maximum atomic E-state index is 13.7. The summed E-state index contributed by atoms with van der Waals surface area (Å²) in [5.74, 6) is -0.157. The van der Waals surface area contributed by atoms with Gasteiger partial charge < -0.3 is 21.1 Å². The lowest BCUT2D eigenvalue weighted by Gasteiger charge is -2.15. The molecule has 0 aromatic heterocycles. The topological polar surface area (TPSA) is 76.4 Å². The molecule has 5 nitrogen and oxygen atoms in total. The van der Waals surface area contributed by atoms with E-state index in [2.05, 4.69) is 10.6 Å². The number of halogens is 1. The van der Waals surface area contributed by atoms with Gasteiger partial charge in [-0.3, -0.25) is 4.79 Å². The van der Waals surface area contributed by atoms with E-state index in [1.54, 1.807) is 0 Å². The summed E-state index contributed by atoms with van der Waals surface area (Å²) in [6.45, 7) is 8.33. The van der Waals surface area contributed by atoms with Gasteiger partial charge in [0.25, 0.3) is 0 Å². The zero-order valence-corrected chi connectivity index (χ0v) is 13.0. The van der Waals surface area contributed by atoms with Crippen molar-refractivity contribution in [3.05, 3.63) is 17.9 Å². The molecule has 1 aromatic carbocycles. The number of carbonyl (C=O) groups excluding carboxylic acids is 1. The van der Waals surface area contributed by atoms with Gasteiger partial charge in [-0.1, -0.05) is 13.8 Å². The number of benzene rings is 1. The highest BCUT2D eigenvalue weighted by Crippen LogP contribution is 2.28. The average Bonchev–Trinajstić information content (AvgIpc) is 2.37. The highest BCUT2D eigenvalue weighted by molar-refractivity contribution is 5.82. The number of hydrogen-bond acceptors (Lipinski definition) is 4. The lowest BCUT2D eigenvalue weighted by Crippen LogP contribution is -2.32. The van der Waals surface area contributed by atoms with Crippen molar-refractivity contribution in [2.75, 3.05) is 24.1 Å². The molecular formula is C15H24FN3O2.